The molecule has 0 spiro atoms. The molecular formula is C17H28N2O. The SMILES string of the molecule is CCC1(CC)CNC(C)CN1Cc1cccc(OC)c1. The second-order valence-electron chi connectivity index (χ2n) is 5.95. The Morgan fingerprint density at radius 2 is 2.10 bits per heavy atom. The van der Waals surface area contributed by atoms with Crippen molar-refractivity contribution in [1.29, 1.82) is 0 Å². The number of hydrogen-bond donors (Lipinski definition) is 1. The van der Waals surface area contributed by atoms with Crippen molar-refractivity contribution in [2.45, 2.75) is 51.7 Å². The van der Waals surface area contributed by atoms with Crippen LogP contribution in [0, 0.1) is 0 Å². The van der Waals surface area contributed by atoms with Crippen molar-refractivity contribution in [2.24, 2.45) is 0 Å². The number of nitrogens with one attached hydrogen (secondary N) is 1. The molecule has 1 aromatic carbocycles. The summed E-state index contributed by atoms with van der Waals surface area (Å²) < 4.78 is 5.34. The van der Waals surface area contributed by atoms with Crippen molar-refractivity contribution in [3.05, 3.63) is 29.8 Å². The standard InChI is InChI=1S/C17H28N2O/c1-5-17(6-2)13-18-14(3)11-19(17)12-15-8-7-9-16(10-15)20-4/h7-10,14,18H,5-6,11-13H2,1-4H3. The van der Waals surface area contributed by atoms with Crippen molar-refractivity contribution in [1.82, 2.24) is 10.2 Å². The van der Waals surface area contributed by atoms with Gasteiger partial charge < -0.3 is 10.1 Å². The molecule has 20 heavy (non-hydrogen) atoms. The van der Waals surface area contributed by atoms with E-state index in [2.05, 4.69) is 49.2 Å². The third kappa shape index (κ3) is 3.15. The maximum absolute atomic E-state index is 5.34. The van der Waals surface area contributed by atoms with E-state index in [1.807, 2.05) is 6.07 Å². The lowest BCUT2D eigenvalue weighted by Crippen LogP contribution is -2.63. The summed E-state index contributed by atoms with van der Waals surface area (Å²) in [4.78, 5) is 2.66. The first-order chi connectivity index (χ1) is 9.63. The van der Waals surface area contributed by atoms with Gasteiger partial charge in [0.05, 0.1) is 7.11 Å². The van der Waals surface area contributed by atoms with Crippen LogP contribution >= 0.6 is 0 Å². The molecule has 1 saturated heterocycles. The Labute approximate surface area is 123 Å². The average Bonchev–Trinajstić information content (AvgIpc) is 2.48. The van der Waals surface area contributed by atoms with Crippen LogP contribution in [0.2, 0.25) is 0 Å². The molecule has 1 aromatic rings. The highest BCUT2D eigenvalue weighted by atomic mass is 16.5. The lowest BCUT2D eigenvalue weighted by atomic mass is 9.87. The van der Waals surface area contributed by atoms with Crippen molar-refractivity contribution in [2.75, 3.05) is 20.2 Å². The van der Waals surface area contributed by atoms with Crippen LogP contribution in [0.3, 0.4) is 0 Å². The van der Waals surface area contributed by atoms with E-state index in [0.29, 0.717) is 6.04 Å². The van der Waals surface area contributed by atoms with Gasteiger partial charge in [-0.2, -0.15) is 0 Å². The quantitative estimate of drug-likeness (QED) is 0.894. The fraction of sp³-hybridized carbons (Fsp3) is 0.647. The van der Waals surface area contributed by atoms with Gasteiger partial charge in [-0.05, 0) is 37.5 Å². The van der Waals surface area contributed by atoms with Crippen LogP contribution < -0.4 is 10.1 Å². The van der Waals surface area contributed by atoms with Gasteiger partial charge in [0.2, 0.25) is 0 Å². The first-order valence-corrected chi connectivity index (χ1v) is 7.75. The van der Waals surface area contributed by atoms with Crippen molar-refractivity contribution in [3.8, 4) is 5.75 Å². The van der Waals surface area contributed by atoms with E-state index in [4.69, 9.17) is 4.74 Å². The fourth-order valence-electron chi connectivity index (χ4n) is 3.24. The summed E-state index contributed by atoms with van der Waals surface area (Å²) >= 11 is 0. The van der Waals surface area contributed by atoms with E-state index < -0.39 is 0 Å². The van der Waals surface area contributed by atoms with Gasteiger partial charge >= 0.3 is 0 Å². The lowest BCUT2D eigenvalue weighted by Gasteiger charge is -2.49. The zero-order valence-electron chi connectivity index (χ0n) is 13.3. The molecule has 1 aliphatic heterocycles. The number of benzene rings is 1. The Morgan fingerprint density at radius 3 is 2.75 bits per heavy atom. The van der Waals surface area contributed by atoms with Crippen molar-refractivity contribution >= 4 is 0 Å². The molecule has 1 N–H and O–H groups in total. The summed E-state index contributed by atoms with van der Waals surface area (Å²) in [6.45, 7) is 10.1. The minimum Gasteiger partial charge on any atom is -0.497 e. The molecule has 1 unspecified atom stereocenters. The van der Waals surface area contributed by atoms with E-state index in [1.165, 1.54) is 18.4 Å². The molecule has 0 saturated carbocycles. The molecule has 0 aromatic heterocycles. The van der Waals surface area contributed by atoms with Gasteiger partial charge in [-0.3, -0.25) is 4.90 Å². The number of hydrogen-bond acceptors (Lipinski definition) is 3. The number of piperazine rings is 1. The Balaban J connectivity index is 2.18. The Bertz CT molecular complexity index is 429. The highest BCUT2D eigenvalue weighted by Crippen LogP contribution is 2.29. The van der Waals surface area contributed by atoms with Gasteiger partial charge in [0.15, 0.2) is 0 Å². The molecule has 1 atom stereocenters. The number of rotatable bonds is 5. The van der Waals surface area contributed by atoms with Crippen LogP contribution in [0.15, 0.2) is 24.3 Å². The first kappa shape index (κ1) is 15.3. The van der Waals surface area contributed by atoms with Crippen LogP contribution in [-0.4, -0.2) is 36.7 Å². The van der Waals surface area contributed by atoms with E-state index in [0.717, 1.165) is 25.4 Å². The predicted octanol–water partition coefficient (Wildman–Crippen LogP) is 3.05. The molecule has 1 fully saturated rings. The minimum atomic E-state index is 0.287. The Hall–Kier alpha value is -1.06. The van der Waals surface area contributed by atoms with Crippen LogP contribution in [0.1, 0.15) is 39.2 Å². The highest BCUT2D eigenvalue weighted by molar-refractivity contribution is 5.28. The first-order valence-electron chi connectivity index (χ1n) is 7.75. The van der Waals surface area contributed by atoms with Crippen LogP contribution in [0.4, 0.5) is 0 Å². The summed E-state index contributed by atoms with van der Waals surface area (Å²) in [7, 11) is 1.73. The molecule has 0 amide bonds. The lowest BCUT2D eigenvalue weighted by molar-refractivity contribution is 0.0278. The average molecular weight is 276 g/mol. The van der Waals surface area contributed by atoms with E-state index in [-0.39, 0.29) is 5.54 Å². The summed E-state index contributed by atoms with van der Waals surface area (Å²) in [6.07, 6.45) is 2.38. The van der Waals surface area contributed by atoms with Gasteiger partial charge in [-0.1, -0.05) is 26.0 Å². The molecule has 3 heteroatoms. The van der Waals surface area contributed by atoms with Crippen LogP contribution in [-0.2, 0) is 6.54 Å². The smallest absolute Gasteiger partial charge is 0.119 e. The zero-order valence-corrected chi connectivity index (χ0v) is 13.3. The normalized spacial score (nSPS) is 22.7. The molecule has 0 radical (unpaired) electrons. The van der Waals surface area contributed by atoms with E-state index in [1.54, 1.807) is 7.11 Å². The highest BCUT2D eigenvalue weighted by Gasteiger charge is 2.37. The third-order valence-electron chi connectivity index (χ3n) is 4.77. The fourth-order valence-corrected chi connectivity index (χ4v) is 3.24. The molecule has 0 bridgehead atoms. The van der Waals surface area contributed by atoms with Gasteiger partial charge in [0, 0.05) is 31.2 Å². The molecule has 112 valence electrons. The molecule has 0 aliphatic carbocycles. The van der Waals surface area contributed by atoms with E-state index >= 15 is 0 Å². The Kier molecular flexibility index (Phi) is 5.06. The molecule has 2 rings (SSSR count). The topological polar surface area (TPSA) is 24.5 Å². The molecular weight excluding hydrogens is 248 g/mol. The van der Waals surface area contributed by atoms with Crippen molar-refractivity contribution < 1.29 is 4.74 Å². The van der Waals surface area contributed by atoms with Crippen LogP contribution in [0.25, 0.3) is 0 Å². The van der Waals surface area contributed by atoms with Gasteiger partial charge in [0.1, 0.15) is 5.75 Å². The third-order valence-corrected chi connectivity index (χ3v) is 4.77. The van der Waals surface area contributed by atoms with Gasteiger partial charge in [-0.25, -0.2) is 0 Å². The summed E-state index contributed by atoms with van der Waals surface area (Å²) in [5, 5.41) is 3.65. The largest absolute Gasteiger partial charge is 0.497 e. The van der Waals surface area contributed by atoms with Crippen molar-refractivity contribution in [3.63, 3.8) is 0 Å². The maximum Gasteiger partial charge on any atom is 0.119 e. The molecule has 3 nitrogen and oxygen atoms in total. The minimum absolute atomic E-state index is 0.287. The second-order valence-corrected chi connectivity index (χ2v) is 5.95. The number of methoxy groups -OCH3 is 1. The summed E-state index contributed by atoms with van der Waals surface area (Å²) in [5.74, 6) is 0.948. The summed E-state index contributed by atoms with van der Waals surface area (Å²) in [5.41, 5.74) is 1.62. The van der Waals surface area contributed by atoms with Gasteiger partial charge in [0.25, 0.3) is 0 Å². The number of ether oxygens (including phenoxy) is 1. The predicted molar refractivity (Wildman–Crippen MR) is 84.2 cm³/mol. The maximum atomic E-state index is 5.34. The summed E-state index contributed by atoms with van der Waals surface area (Å²) in [6, 6.07) is 9.01. The monoisotopic (exact) mass is 276 g/mol. The van der Waals surface area contributed by atoms with E-state index in [9.17, 15) is 0 Å². The second kappa shape index (κ2) is 6.59. The Morgan fingerprint density at radius 1 is 1.35 bits per heavy atom. The molecule has 1 aliphatic rings. The zero-order chi connectivity index (χ0) is 14.6. The molecule has 1 heterocycles. The number of nitrogens with zero attached hydrogens (tertiary/aromatic N) is 1. The van der Waals surface area contributed by atoms with Crippen LogP contribution in [0.5, 0.6) is 5.75 Å². The van der Waals surface area contributed by atoms with Gasteiger partial charge in [-0.15, -0.1) is 0 Å².